The lowest BCUT2D eigenvalue weighted by molar-refractivity contribution is -0.139. The Labute approximate surface area is 278 Å². The van der Waals surface area contributed by atoms with Crippen molar-refractivity contribution >= 4 is 57.3 Å². The number of benzene rings is 3. The van der Waals surface area contributed by atoms with E-state index in [1.54, 1.807) is 62.4 Å². The lowest BCUT2D eigenvalue weighted by Gasteiger charge is -2.30. The molecule has 1 aliphatic rings. The molecule has 240 valence electrons. The molecule has 0 aliphatic carbocycles. The van der Waals surface area contributed by atoms with E-state index in [1.165, 1.54) is 25.5 Å². The average Bonchev–Trinajstić information content (AvgIpc) is 3.03. The molecule has 0 radical (unpaired) electrons. The monoisotopic (exact) mass is 710 g/mol. The lowest BCUT2D eigenvalue weighted by atomic mass is 9.95. The first-order valence-corrected chi connectivity index (χ1v) is 15.1. The van der Waals surface area contributed by atoms with Gasteiger partial charge in [0, 0.05) is 11.3 Å². The number of thiocarbonyl (C=S) groups is 1. The SMILES string of the molecule is CCOC(=O)C1=C(C)NC(=S)N[C@H]1c1ccccc1OCC(=O)NN=Cc1cc(Br)c(OCc2ccc(C(=O)O)cc2)c(OC)c1. The third kappa shape index (κ3) is 8.61. The second-order valence-electron chi connectivity index (χ2n) is 9.74. The van der Waals surface area contributed by atoms with Crippen LogP contribution in [0, 0.1) is 0 Å². The number of carbonyl (C=O) groups is 3. The van der Waals surface area contributed by atoms with Gasteiger partial charge in [-0.25, -0.2) is 15.0 Å². The van der Waals surface area contributed by atoms with Crippen LogP contribution in [0.15, 0.2) is 81.5 Å². The summed E-state index contributed by atoms with van der Waals surface area (Å²) >= 11 is 8.80. The quantitative estimate of drug-likeness (QED) is 0.0850. The summed E-state index contributed by atoms with van der Waals surface area (Å²) in [5.41, 5.74) is 5.52. The number of nitrogens with one attached hydrogen (secondary N) is 3. The van der Waals surface area contributed by atoms with E-state index in [0.717, 1.165) is 5.56 Å². The molecule has 0 aromatic heterocycles. The molecule has 1 amide bonds. The zero-order valence-electron chi connectivity index (χ0n) is 25.1. The van der Waals surface area contributed by atoms with Crippen LogP contribution < -0.4 is 30.3 Å². The smallest absolute Gasteiger partial charge is 0.338 e. The van der Waals surface area contributed by atoms with Crippen molar-refractivity contribution < 1.29 is 38.4 Å². The fourth-order valence-corrected chi connectivity index (χ4v) is 5.31. The van der Waals surface area contributed by atoms with Crippen molar-refractivity contribution in [3.8, 4) is 17.2 Å². The van der Waals surface area contributed by atoms with E-state index in [0.29, 0.717) is 49.2 Å². The number of halogens is 1. The molecule has 1 atom stereocenters. The number of aromatic carboxylic acids is 1. The van der Waals surface area contributed by atoms with Crippen molar-refractivity contribution in [3.05, 3.63) is 98.7 Å². The van der Waals surface area contributed by atoms with Crippen LogP contribution in [0.1, 0.15) is 46.9 Å². The maximum Gasteiger partial charge on any atom is 0.338 e. The summed E-state index contributed by atoms with van der Waals surface area (Å²) in [5, 5.41) is 19.5. The van der Waals surface area contributed by atoms with E-state index in [2.05, 4.69) is 37.1 Å². The number of allylic oxidation sites excluding steroid dienone is 1. The van der Waals surface area contributed by atoms with Gasteiger partial charge in [0.1, 0.15) is 12.4 Å². The van der Waals surface area contributed by atoms with Crippen molar-refractivity contribution in [1.82, 2.24) is 16.1 Å². The number of nitrogens with zero attached hydrogens (tertiary/aromatic N) is 1. The van der Waals surface area contributed by atoms with Crippen LogP contribution in [0.4, 0.5) is 0 Å². The van der Waals surface area contributed by atoms with E-state index in [-0.39, 0.29) is 25.4 Å². The van der Waals surface area contributed by atoms with Gasteiger partial charge in [0.25, 0.3) is 5.91 Å². The molecular formula is C32H31BrN4O8S. The maximum absolute atomic E-state index is 12.8. The zero-order valence-corrected chi connectivity index (χ0v) is 27.5. The average molecular weight is 712 g/mol. The molecule has 4 rings (SSSR count). The van der Waals surface area contributed by atoms with Gasteiger partial charge in [-0.05, 0) is 83.5 Å². The van der Waals surface area contributed by atoms with Gasteiger partial charge >= 0.3 is 11.9 Å². The van der Waals surface area contributed by atoms with E-state index >= 15 is 0 Å². The Hall–Kier alpha value is -4.95. The summed E-state index contributed by atoms with van der Waals surface area (Å²) in [4.78, 5) is 36.4. The van der Waals surface area contributed by atoms with Gasteiger partial charge in [0.05, 0.1) is 41.6 Å². The highest BCUT2D eigenvalue weighted by Crippen LogP contribution is 2.37. The van der Waals surface area contributed by atoms with Crippen molar-refractivity contribution in [3.63, 3.8) is 0 Å². The Balaban J connectivity index is 1.38. The summed E-state index contributed by atoms with van der Waals surface area (Å²) in [6.45, 7) is 3.50. The highest BCUT2D eigenvalue weighted by molar-refractivity contribution is 9.10. The van der Waals surface area contributed by atoms with Crippen LogP contribution in [0.5, 0.6) is 17.2 Å². The molecule has 0 fully saturated rings. The van der Waals surface area contributed by atoms with Crippen molar-refractivity contribution in [2.45, 2.75) is 26.5 Å². The molecule has 14 heteroatoms. The molecule has 46 heavy (non-hydrogen) atoms. The number of rotatable bonds is 13. The van der Waals surface area contributed by atoms with Crippen LogP contribution in [-0.4, -0.2) is 54.6 Å². The number of ether oxygens (including phenoxy) is 4. The molecule has 0 bridgehead atoms. The van der Waals surface area contributed by atoms with E-state index in [4.69, 9.17) is 36.3 Å². The number of methoxy groups -OCH3 is 1. The minimum absolute atomic E-state index is 0.182. The number of hydrogen-bond donors (Lipinski definition) is 4. The molecule has 0 saturated heterocycles. The Kier molecular flexibility index (Phi) is 11.7. The van der Waals surface area contributed by atoms with E-state index < -0.39 is 23.9 Å². The van der Waals surface area contributed by atoms with Gasteiger partial charge < -0.3 is 34.7 Å². The fourth-order valence-electron chi connectivity index (χ4n) is 4.46. The van der Waals surface area contributed by atoms with E-state index in [1.807, 2.05) is 0 Å². The summed E-state index contributed by atoms with van der Waals surface area (Å²) in [6.07, 6.45) is 1.44. The summed E-state index contributed by atoms with van der Waals surface area (Å²) in [7, 11) is 1.49. The highest BCUT2D eigenvalue weighted by Gasteiger charge is 2.32. The van der Waals surface area contributed by atoms with Crippen molar-refractivity contribution in [2.24, 2.45) is 5.10 Å². The van der Waals surface area contributed by atoms with Crippen molar-refractivity contribution in [2.75, 3.05) is 20.3 Å². The number of hydrazone groups is 1. The second-order valence-corrected chi connectivity index (χ2v) is 11.0. The first-order valence-electron chi connectivity index (χ1n) is 13.9. The van der Waals surface area contributed by atoms with Crippen LogP contribution in [0.3, 0.4) is 0 Å². The van der Waals surface area contributed by atoms with Crippen molar-refractivity contribution in [1.29, 1.82) is 0 Å². The number of carbonyl (C=O) groups excluding carboxylic acids is 2. The standard InChI is InChI=1S/C32H31BrN4O8S/c1-4-43-31(41)27-18(2)35-32(46)36-28(27)22-7-5-6-8-24(22)44-17-26(38)37-34-15-20-13-23(33)29(25(14-20)42-3)45-16-19-9-11-21(12-10-19)30(39)40/h5-15,28H,4,16-17H2,1-3H3,(H,37,38)(H,39,40)(H2,35,36,46)/t28-/m0/s1. The Morgan fingerprint density at radius 2 is 1.83 bits per heavy atom. The van der Waals surface area contributed by atoms with Crippen LogP contribution in [-0.2, 0) is 20.9 Å². The highest BCUT2D eigenvalue weighted by atomic mass is 79.9. The van der Waals surface area contributed by atoms with Gasteiger partial charge in [0.2, 0.25) is 0 Å². The topological polar surface area (TPSA) is 157 Å². The van der Waals surface area contributed by atoms with Crippen LogP contribution >= 0.6 is 28.1 Å². The molecule has 0 spiro atoms. The number of amides is 1. The molecule has 0 unspecified atom stereocenters. The first-order chi connectivity index (χ1) is 22.1. The molecule has 3 aromatic carbocycles. The number of hydrogen-bond acceptors (Lipinski definition) is 9. The number of para-hydroxylation sites is 1. The number of carboxylic acids is 1. The zero-order chi connectivity index (χ0) is 33.2. The minimum Gasteiger partial charge on any atom is -0.493 e. The molecule has 1 heterocycles. The normalized spacial score (nSPS) is 14.3. The third-order valence-electron chi connectivity index (χ3n) is 6.59. The molecule has 12 nitrogen and oxygen atoms in total. The summed E-state index contributed by atoms with van der Waals surface area (Å²) < 4.78 is 23.1. The van der Waals surface area contributed by atoms with Gasteiger partial charge in [-0.15, -0.1) is 0 Å². The maximum atomic E-state index is 12.8. The van der Waals surface area contributed by atoms with Crippen LogP contribution in [0.2, 0.25) is 0 Å². The van der Waals surface area contributed by atoms with E-state index in [9.17, 15) is 14.4 Å². The van der Waals surface area contributed by atoms with Crippen LogP contribution in [0.25, 0.3) is 0 Å². The third-order valence-corrected chi connectivity index (χ3v) is 7.40. The van der Waals surface area contributed by atoms with Gasteiger partial charge in [-0.3, -0.25) is 4.79 Å². The largest absolute Gasteiger partial charge is 0.493 e. The predicted molar refractivity (Wildman–Crippen MR) is 177 cm³/mol. The Morgan fingerprint density at radius 3 is 2.52 bits per heavy atom. The molecule has 1 aliphatic heterocycles. The van der Waals surface area contributed by atoms with Gasteiger partial charge in [-0.1, -0.05) is 30.3 Å². The summed E-state index contributed by atoms with van der Waals surface area (Å²) in [6, 6.07) is 16.1. The molecule has 4 N–H and O–H groups in total. The second kappa shape index (κ2) is 15.9. The predicted octanol–water partition coefficient (Wildman–Crippen LogP) is 4.62. The van der Waals surface area contributed by atoms with Gasteiger partial charge in [-0.2, -0.15) is 5.10 Å². The molecular weight excluding hydrogens is 680 g/mol. The minimum atomic E-state index is -1.00. The number of carboxylic acid groups (broad SMARTS) is 1. The van der Waals surface area contributed by atoms with Gasteiger partial charge in [0.15, 0.2) is 23.2 Å². The lowest BCUT2D eigenvalue weighted by Crippen LogP contribution is -2.45. The molecule has 0 saturated carbocycles. The number of esters is 1. The summed E-state index contributed by atoms with van der Waals surface area (Å²) in [5.74, 6) is -0.778. The fraction of sp³-hybridized carbons (Fsp3) is 0.219. The Morgan fingerprint density at radius 1 is 1.09 bits per heavy atom. The Bertz CT molecular complexity index is 1690. The first kappa shape index (κ1) is 33.9. The molecule has 3 aromatic rings.